The summed E-state index contributed by atoms with van der Waals surface area (Å²) in [6.07, 6.45) is 2.68. The molecule has 2 heterocycles. The highest BCUT2D eigenvalue weighted by Gasteiger charge is 2.27. The molecule has 1 saturated heterocycles. The third-order valence-corrected chi connectivity index (χ3v) is 5.41. The number of rotatable bonds is 5. The van der Waals surface area contributed by atoms with Crippen molar-refractivity contribution in [1.29, 1.82) is 0 Å². The molecule has 20 heavy (non-hydrogen) atoms. The van der Waals surface area contributed by atoms with Gasteiger partial charge in [0.05, 0.1) is 6.54 Å². The first kappa shape index (κ1) is 14.5. The molecule has 1 aliphatic carbocycles. The molecule has 3 rings (SSSR count). The monoisotopic (exact) mass is 294 g/mol. The molecule has 0 spiro atoms. The Balaban J connectivity index is 1.57. The minimum atomic E-state index is 0.371. The molecule has 4 heteroatoms. The average molecular weight is 294 g/mol. The van der Waals surface area contributed by atoms with E-state index in [1.54, 1.807) is 0 Å². The second kappa shape index (κ2) is 5.74. The van der Waals surface area contributed by atoms with Crippen molar-refractivity contribution < 1.29 is 4.42 Å². The number of thioether (sulfide) groups is 1. The van der Waals surface area contributed by atoms with Crippen LogP contribution in [0.5, 0.6) is 0 Å². The zero-order valence-electron chi connectivity index (χ0n) is 12.9. The number of furan rings is 1. The predicted octanol–water partition coefficient (Wildman–Crippen LogP) is 3.17. The average Bonchev–Trinajstić information content (AvgIpc) is 3.11. The number of nitrogens with one attached hydrogen (secondary N) is 1. The molecule has 1 saturated carbocycles. The van der Waals surface area contributed by atoms with Gasteiger partial charge in [-0.25, -0.2) is 0 Å². The maximum absolute atomic E-state index is 5.95. The van der Waals surface area contributed by atoms with Crippen LogP contribution in [-0.2, 0) is 13.1 Å². The summed E-state index contributed by atoms with van der Waals surface area (Å²) >= 11 is 2.08. The summed E-state index contributed by atoms with van der Waals surface area (Å²) in [5.41, 5.74) is 1.33. The van der Waals surface area contributed by atoms with Gasteiger partial charge in [0, 0.05) is 41.7 Å². The van der Waals surface area contributed by atoms with Crippen molar-refractivity contribution in [2.75, 3.05) is 18.8 Å². The highest BCUT2D eigenvalue weighted by molar-refractivity contribution is 8.00. The molecular weight excluding hydrogens is 268 g/mol. The Labute approximate surface area is 126 Å². The Morgan fingerprint density at radius 2 is 2.25 bits per heavy atom. The first-order chi connectivity index (χ1) is 9.52. The fourth-order valence-electron chi connectivity index (χ4n) is 2.85. The Morgan fingerprint density at radius 3 is 2.95 bits per heavy atom. The lowest BCUT2D eigenvalue weighted by Crippen LogP contribution is -2.42. The molecule has 1 N–H and O–H groups in total. The quantitative estimate of drug-likeness (QED) is 0.903. The van der Waals surface area contributed by atoms with Crippen LogP contribution in [0, 0.1) is 6.92 Å². The zero-order valence-corrected chi connectivity index (χ0v) is 13.7. The van der Waals surface area contributed by atoms with Gasteiger partial charge < -0.3 is 9.73 Å². The number of hydrogen-bond donors (Lipinski definition) is 1. The maximum atomic E-state index is 5.95. The molecule has 0 radical (unpaired) electrons. The van der Waals surface area contributed by atoms with Gasteiger partial charge in [0.15, 0.2) is 0 Å². The van der Waals surface area contributed by atoms with Crippen molar-refractivity contribution >= 4 is 11.8 Å². The third kappa shape index (κ3) is 3.80. The second-order valence-corrected chi connectivity index (χ2v) is 8.57. The molecule has 1 aliphatic heterocycles. The molecule has 1 aromatic heterocycles. The van der Waals surface area contributed by atoms with E-state index < -0.39 is 0 Å². The Kier molecular flexibility index (Phi) is 4.16. The van der Waals surface area contributed by atoms with E-state index in [9.17, 15) is 0 Å². The standard InChI is InChI=1S/C16H26N2OS/c1-12-13(9-17-14-4-5-14)8-15(19-12)10-18-6-7-20-16(2,3)11-18/h8,14,17H,4-7,9-11H2,1-3H3. The number of nitrogens with zero attached hydrogens (tertiary/aromatic N) is 1. The summed E-state index contributed by atoms with van der Waals surface area (Å²) in [7, 11) is 0. The summed E-state index contributed by atoms with van der Waals surface area (Å²) in [5.74, 6) is 3.43. The van der Waals surface area contributed by atoms with Gasteiger partial charge in [0.1, 0.15) is 11.5 Å². The normalized spacial score (nSPS) is 23.1. The summed E-state index contributed by atoms with van der Waals surface area (Å²) in [6, 6.07) is 3.01. The summed E-state index contributed by atoms with van der Waals surface area (Å²) in [5, 5.41) is 3.57. The molecule has 1 aromatic rings. The molecule has 0 amide bonds. The lowest BCUT2D eigenvalue weighted by molar-refractivity contribution is 0.231. The number of hydrogen-bond acceptors (Lipinski definition) is 4. The van der Waals surface area contributed by atoms with Crippen LogP contribution in [0.3, 0.4) is 0 Å². The lowest BCUT2D eigenvalue weighted by atomic mass is 10.2. The van der Waals surface area contributed by atoms with Gasteiger partial charge in [-0.15, -0.1) is 0 Å². The van der Waals surface area contributed by atoms with E-state index in [-0.39, 0.29) is 0 Å². The highest BCUT2D eigenvalue weighted by Crippen LogP contribution is 2.30. The van der Waals surface area contributed by atoms with E-state index in [2.05, 4.69) is 48.8 Å². The first-order valence-electron chi connectivity index (χ1n) is 7.70. The largest absolute Gasteiger partial charge is 0.465 e. The minimum Gasteiger partial charge on any atom is -0.465 e. The molecule has 3 nitrogen and oxygen atoms in total. The topological polar surface area (TPSA) is 28.4 Å². The minimum absolute atomic E-state index is 0.371. The SMILES string of the molecule is Cc1oc(CN2CCSC(C)(C)C2)cc1CNC1CC1. The Morgan fingerprint density at radius 1 is 1.45 bits per heavy atom. The summed E-state index contributed by atoms with van der Waals surface area (Å²) in [4.78, 5) is 2.52. The van der Waals surface area contributed by atoms with Gasteiger partial charge in [-0.2, -0.15) is 11.8 Å². The van der Waals surface area contributed by atoms with E-state index in [1.165, 1.54) is 30.7 Å². The van der Waals surface area contributed by atoms with Gasteiger partial charge in [-0.1, -0.05) is 0 Å². The molecule has 0 unspecified atom stereocenters. The molecule has 2 fully saturated rings. The fraction of sp³-hybridized carbons (Fsp3) is 0.750. The van der Waals surface area contributed by atoms with E-state index in [0.717, 1.165) is 37.2 Å². The number of aryl methyl sites for hydroxylation is 1. The van der Waals surface area contributed by atoms with E-state index >= 15 is 0 Å². The molecule has 0 aromatic carbocycles. The first-order valence-corrected chi connectivity index (χ1v) is 8.68. The zero-order chi connectivity index (χ0) is 14.2. The van der Waals surface area contributed by atoms with Crippen LogP contribution in [0.25, 0.3) is 0 Å². The predicted molar refractivity (Wildman–Crippen MR) is 85.1 cm³/mol. The maximum Gasteiger partial charge on any atom is 0.118 e. The van der Waals surface area contributed by atoms with Gasteiger partial charge in [-0.3, -0.25) is 4.90 Å². The van der Waals surface area contributed by atoms with Crippen molar-refractivity contribution in [3.05, 3.63) is 23.2 Å². The smallest absolute Gasteiger partial charge is 0.118 e. The van der Waals surface area contributed by atoms with E-state index in [1.807, 2.05) is 0 Å². The highest BCUT2D eigenvalue weighted by atomic mass is 32.2. The molecule has 112 valence electrons. The summed E-state index contributed by atoms with van der Waals surface area (Å²) < 4.78 is 6.32. The van der Waals surface area contributed by atoms with Crippen molar-refractivity contribution in [1.82, 2.24) is 10.2 Å². The van der Waals surface area contributed by atoms with Crippen LogP contribution in [0.1, 0.15) is 43.8 Å². The fourth-order valence-corrected chi connectivity index (χ4v) is 4.03. The van der Waals surface area contributed by atoms with Gasteiger partial charge in [0.2, 0.25) is 0 Å². The van der Waals surface area contributed by atoms with Crippen LogP contribution >= 0.6 is 11.8 Å². The van der Waals surface area contributed by atoms with Gasteiger partial charge >= 0.3 is 0 Å². The van der Waals surface area contributed by atoms with E-state index in [4.69, 9.17) is 4.42 Å². The van der Waals surface area contributed by atoms with Gasteiger partial charge in [-0.05, 0) is 39.7 Å². The third-order valence-electron chi connectivity index (χ3n) is 4.11. The Bertz CT molecular complexity index is 465. The molecule has 0 bridgehead atoms. The summed E-state index contributed by atoms with van der Waals surface area (Å²) in [6.45, 7) is 11.0. The lowest BCUT2D eigenvalue weighted by Gasteiger charge is -2.37. The van der Waals surface area contributed by atoms with Gasteiger partial charge in [0.25, 0.3) is 0 Å². The van der Waals surface area contributed by atoms with Crippen LogP contribution in [0.15, 0.2) is 10.5 Å². The van der Waals surface area contributed by atoms with Crippen molar-refractivity contribution in [2.45, 2.75) is 57.5 Å². The second-order valence-electron chi connectivity index (χ2n) is 6.77. The molecule has 0 atom stereocenters. The molecular formula is C16H26N2OS. The van der Waals surface area contributed by atoms with Crippen molar-refractivity contribution in [2.24, 2.45) is 0 Å². The Hall–Kier alpha value is -0.450. The van der Waals surface area contributed by atoms with Crippen LogP contribution in [0.2, 0.25) is 0 Å². The van der Waals surface area contributed by atoms with Crippen LogP contribution in [0.4, 0.5) is 0 Å². The van der Waals surface area contributed by atoms with Crippen molar-refractivity contribution in [3.8, 4) is 0 Å². The van der Waals surface area contributed by atoms with E-state index in [0.29, 0.717) is 4.75 Å². The van der Waals surface area contributed by atoms with Crippen LogP contribution < -0.4 is 5.32 Å². The van der Waals surface area contributed by atoms with Crippen LogP contribution in [-0.4, -0.2) is 34.5 Å². The molecule has 2 aliphatic rings. The van der Waals surface area contributed by atoms with Crippen molar-refractivity contribution in [3.63, 3.8) is 0 Å².